The third-order valence-corrected chi connectivity index (χ3v) is 5.11. The molecule has 3 rings (SSSR count). The molecule has 0 unspecified atom stereocenters. The molecule has 0 saturated carbocycles. The summed E-state index contributed by atoms with van der Waals surface area (Å²) in [6, 6.07) is 3.94. The molecule has 24 heavy (non-hydrogen) atoms. The van der Waals surface area contributed by atoms with Crippen LogP contribution >= 0.6 is 11.3 Å². The van der Waals surface area contributed by atoms with Gasteiger partial charge in [0.15, 0.2) is 0 Å². The maximum atomic E-state index is 12.5. The van der Waals surface area contributed by atoms with Gasteiger partial charge in [-0.2, -0.15) is 4.98 Å². The van der Waals surface area contributed by atoms with E-state index in [0.29, 0.717) is 13.1 Å². The number of carbonyl (C=O) groups is 1. The van der Waals surface area contributed by atoms with Crippen molar-refractivity contribution < 1.29 is 4.79 Å². The smallest absolute Gasteiger partial charge is 0.264 e. The fourth-order valence-corrected chi connectivity index (χ4v) is 3.58. The highest BCUT2D eigenvalue weighted by atomic mass is 32.1. The number of hydrogen-bond acceptors (Lipinski definition) is 6. The van der Waals surface area contributed by atoms with Crippen LogP contribution in [0.2, 0.25) is 0 Å². The van der Waals surface area contributed by atoms with E-state index in [2.05, 4.69) is 14.9 Å². The normalized spacial score (nSPS) is 14.8. The lowest BCUT2D eigenvalue weighted by Gasteiger charge is -2.34. The second kappa shape index (κ2) is 6.76. The molecular weight excluding hydrogens is 322 g/mol. The van der Waals surface area contributed by atoms with Gasteiger partial charge in [-0.15, -0.1) is 11.3 Å². The number of aromatic nitrogens is 2. The van der Waals surface area contributed by atoms with Crippen LogP contribution in [-0.2, 0) is 0 Å². The zero-order chi connectivity index (χ0) is 17.3. The minimum atomic E-state index is 0.131. The third kappa shape index (κ3) is 3.51. The number of amides is 1. The first kappa shape index (κ1) is 16.7. The van der Waals surface area contributed by atoms with Crippen molar-refractivity contribution in [2.45, 2.75) is 13.8 Å². The lowest BCUT2D eigenvalue weighted by atomic mass is 10.2. The lowest BCUT2D eigenvalue weighted by molar-refractivity contribution is 0.0751. The molecule has 1 aliphatic rings. The number of nitrogens with zero attached hydrogens (tertiary/aromatic N) is 5. The fourth-order valence-electron chi connectivity index (χ4n) is 2.72. The van der Waals surface area contributed by atoms with Crippen LogP contribution < -0.4 is 9.80 Å². The van der Waals surface area contributed by atoms with Crippen molar-refractivity contribution in [1.29, 1.82) is 0 Å². The number of anilines is 2. The van der Waals surface area contributed by atoms with Gasteiger partial charge in [0.25, 0.3) is 5.91 Å². The molecule has 2 aromatic rings. The van der Waals surface area contributed by atoms with Gasteiger partial charge in [0.05, 0.1) is 4.88 Å². The predicted octanol–water partition coefficient (Wildman–Crippen LogP) is 2.18. The summed E-state index contributed by atoms with van der Waals surface area (Å²) >= 11 is 1.52. The number of carbonyl (C=O) groups excluding carboxylic acids is 1. The Balaban J connectivity index is 1.68. The average Bonchev–Trinajstić information content (AvgIpc) is 3.00. The Hall–Kier alpha value is -2.15. The van der Waals surface area contributed by atoms with Gasteiger partial charge in [0.2, 0.25) is 5.95 Å². The second-order valence-corrected chi connectivity index (χ2v) is 7.24. The first-order valence-corrected chi connectivity index (χ1v) is 8.94. The highest BCUT2D eigenvalue weighted by Gasteiger charge is 2.24. The number of thiophene rings is 1. The molecule has 1 fully saturated rings. The molecule has 1 saturated heterocycles. The summed E-state index contributed by atoms with van der Waals surface area (Å²) in [5, 5.41) is 2.02. The van der Waals surface area contributed by atoms with Crippen LogP contribution in [-0.4, -0.2) is 61.0 Å². The number of hydrogen-bond donors (Lipinski definition) is 0. The Morgan fingerprint density at radius 1 is 1.12 bits per heavy atom. The van der Waals surface area contributed by atoms with E-state index in [4.69, 9.17) is 0 Å². The Kier molecular flexibility index (Phi) is 4.71. The van der Waals surface area contributed by atoms with E-state index in [1.807, 2.05) is 55.3 Å². The Morgan fingerprint density at radius 3 is 2.42 bits per heavy atom. The van der Waals surface area contributed by atoms with E-state index in [9.17, 15) is 4.79 Å². The fraction of sp³-hybridized carbons (Fsp3) is 0.471. The molecule has 0 aliphatic carbocycles. The monoisotopic (exact) mass is 345 g/mol. The average molecular weight is 345 g/mol. The summed E-state index contributed by atoms with van der Waals surface area (Å²) in [4.78, 5) is 28.6. The number of aryl methyl sites for hydroxylation is 2. The van der Waals surface area contributed by atoms with Crippen molar-refractivity contribution in [1.82, 2.24) is 14.9 Å². The molecular formula is C17H23N5OS. The lowest BCUT2D eigenvalue weighted by Crippen LogP contribution is -2.49. The molecule has 0 aromatic carbocycles. The SMILES string of the molecule is Cc1csc(C(=O)N2CCN(c3nc(C)cc(N(C)C)n3)CC2)c1. The summed E-state index contributed by atoms with van der Waals surface area (Å²) in [5.74, 6) is 1.79. The number of rotatable bonds is 3. The molecule has 1 amide bonds. The molecule has 6 nitrogen and oxygen atoms in total. The van der Waals surface area contributed by atoms with E-state index < -0.39 is 0 Å². The Labute approximate surface area is 146 Å². The highest BCUT2D eigenvalue weighted by Crippen LogP contribution is 2.20. The summed E-state index contributed by atoms with van der Waals surface area (Å²) in [5.41, 5.74) is 2.10. The Morgan fingerprint density at radius 2 is 1.83 bits per heavy atom. The van der Waals surface area contributed by atoms with Gasteiger partial charge in [-0.25, -0.2) is 4.98 Å². The van der Waals surface area contributed by atoms with Crippen molar-refractivity contribution in [2.75, 3.05) is 50.1 Å². The van der Waals surface area contributed by atoms with Crippen molar-refractivity contribution >= 4 is 29.0 Å². The van der Waals surface area contributed by atoms with Crippen molar-refractivity contribution in [2.24, 2.45) is 0 Å². The summed E-state index contributed by atoms with van der Waals surface area (Å²) in [6.45, 7) is 6.91. The van der Waals surface area contributed by atoms with Gasteiger partial charge in [0, 0.05) is 52.0 Å². The van der Waals surface area contributed by atoms with Crippen molar-refractivity contribution in [3.63, 3.8) is 0 Å². The molecule has 2 aromatic heterocycles. The molecule has 0 bridgehead atoms. The third-order valence-electron chi connectivity index (χ3n) is 4.08. The molecule has 3 heterocycles. The minimum Gasteiger partial charge on any atom is -0.363 e. The summed E-state index contributed by atoms with van der Waals surface area (Å²) in [7, 11) is 3.95. The molecule has 0 N–H and O–H groups in total. The van der Waals surface area contributed by atoms with Gasteiger partial charge in [-0.3, -0.25) is 4.79 Å². The van der Waals surface area contributed by atoms with E-state index in [1.54, 1.807) is 0 Å². The van der Waals surface area contributed by atoms with Crippen LogP contribution in [0.3, 0.4) is 0 Å². The van der Waals surface area contributed by atoms with Gasteiger partial charge in [-0.1, -0.05) is 0 Å². The molecule has 0 radical (unpaired) electrons. The van der Waals surface area contributed by atoms with Gasteiger partial charge in [-0.05, 0) is 30.9 Å². The zero-order valence-corrected chi connectivity index (χ0v) is 15.4. The highest BCUT2D eigenvalue weighted by molar-refractivity contribution is 7.12. The Bertz CT molecular complexity index is 734. The van der Waals surface area contributed by atoms with E-state index in [1.165, 1.54) is 11.3 Å². The quantitative estimate of drug-likeness (QED) is 0.853. The van der Waals surface area contributed by atoms with Gasteiger partial charge in [0.1, 0.15) is 5.82 Å². The zero-order valence-electron chi connectivity index (χ0n) is 14.6. The van der Waals surface area contributed by atoms with E-state index in [0.717, 1.165) is 41.0 Å². The van der Waals surface area contributed by atoms with Crippen LogP contribution in [0.1, 0.15) is 20.9 Å². The molecule has 7 heteroatoms. The van der Waals surface area contributed by atoms with Crippen molar-refractivity contribution in [3.8, 4) is 0 Å². The van der Waals surface area contributed by atoms with Crippen LogP contribution in [0.15, 0.2) is 17.5 Å². The standard InChI is InChI=1S/C17H23N5OS/c1-12-9-14(24-11-12)16(23)21-5-7-22(8-6-21)17-18-13(2)10-15(19-17)20(3)4/h9-11H,5-8H2,1-4H3. The van der Waals surface area contributed by atoms with Crippen LogP contribution in [0.4, 0.5) is 11.8 Å². The van der Waals surface area contributed by atoms with Crippen LogP contribution in [0.25, 0.3) is 0 Å². The second-order valence-electron chi connectivity index (χ2n) is 6.33. The topological polar surface area (TPSA) is 52.6 Å². The van der Waals surface area contributed by atoms with E-state index >= 15 is 0 Å². The van der Waals surface area contributed by atoms with E-state index in [-0.39, 0.29) is 5.91 Å². The first-order valence-electron chi connectivity index (χ1n) is 8.06. The van der Waals surface area contributed by atoms with Gasteiger partial charge >= 0.3 is 0 Å². The van der Waals surface area contributed by atoms with Gasteiger partial charge < -0.3 is 14.7 Å². The minimum absolute atomic E-state index is 0.131. The van der Waals surface area contributed by atoms with Crippen LogP contribution in [0.5, 0.6) is 0 Å². The van der Waals surface area contributed by atoms with Crippen molar-refractivity contribution in [3.05, 3.63) is 33.6 Å². The maximum absolute atomic E-state index is 12.5. The van der Waals surface area contributed by atoms with Crippen LogP contribution in [0, 0.1) is 13.8 Å². The molecule has 0 atom stereocenters. The maximum Gasteiger partial charge on any atom is 0.264 e. The summed E-state index contributed by atoms with van der Waals surface area (Å²) < 4.78 is 0. The molecule has 0 spiro atoms. The first-order chi connectivity index (χ1) is 11.4. The molecule has 128 valence electrons. The summed E-state index contributed by atoms with van der Waals surface area (Å²) in [6.07, 6.45) is 0. The molecule has 1 aliphatic heterocycles. The predicted molar refractivity (Wildman–Crippen MR) is 98.3 cm³/mol. The largest absolute Gasteiger partial charge is 0.363 e. The number of piperazine rings is 1.